The zero-order valence-corrected chi connectivity index (χ0v) is 19.2. The second-order valence-corrected chi connectivity index (χ2v) is 9.40. The molecule has 0 bridgehead atoms. The number of hydrogen-bond donors (Lipinski definition) is 1. The number of rotatable bonds is 8. The summed E-state index contributed by atoms with van der Waals surface area (Å²) in [5.41, 5.74) is 2.57. The number of sulfonamides is 1. The summed E-state index contributed by atoms with van der Waals surface area (Å²) in [6.07, 6.45) is 1.04. The Hall–Kier alpha value is -2.94. The van der Waals surface area contributed by atoms with E-state index in [1.807, 2.05) is 13.0 Å². The Labute approximate surface area is 182 Å². The van der Waals surface area contributed by atoms with E-state index in [0.717, 1.165) is 16.1 Å². The van der Waals surface area contributed by atoms with Crippen molar-refractivity contribution in [2.75, 3.05) is 24.2 Å². The molecule has 31 heavy (non-hydrogen) atoms. The van der Waals surface area contributed by atoms with Crippen LogP contribution in [0.25, 0.3) is 0 Å². The number of hydrogen-bond acceptors (Lipinski definition) is 4. The maximum Gasteiger partial charge on any atom is 0.244 e. The van der Waals surface area contributed by atoms with Crippen molar-refractivity contribution in [3.8, 4) is 0 Å². The third kappa shape index (κ3) is 6.27. The van der Waals surface area contributed by atoms with Crippen LogP contribution in [0.3, 0.4) is 0 Å². The fourth-order valence-electron chi connectivity index (χ4n) is 3.16. The molecule has 0 spiro atoms. The quantitative estimate of drug-likeness (QED) is 0.670. The first kappa shape index (κ1) is 24.3. The minimum atomic E-state index is -3.78. The Morgan fingerprint density at radius 3 is 2.26 bits per heavy atom. The van der Waals surface area contributed by atoms with Crippen LogP contribution in [0.15, 0.2) is 42.5 Å². The van der Waals surface area contributed by atoms with E-state index in [9.17, 15) is 22.4 Å². The summed E-state index contributed by atoms with van der Waals surface area (Å²) < 4.78 is 39.4. The number of benzene rings is 2. The zero-order valence-electron chi connectivity index (χ0n) is 18.3. The molecule has 0 aliphatic carbocycles. The van der Waals surface area contributed by atoms with Crippen LogP contribution in [0.4, 0.5) is 10.1 Å². The molecule has 0 aromatic heterocycles. The molecule has 0 aliphatic rings. The highest BCUT2D eigenvalue weighted by Crippen LogP contribution is 2.24. The molecule has 0 unspecified atom stereocenters. The average molecular weight is 450 g/mol. The van der Waals surface area contributed by atoms with Crippen LogP contribution in [0.2, 0.25) is 0 Å². The lowest BCUT2D eigenvalue weighted by Gasteiger charge is -2.31. The van der Waals surface area contributed by atoms with E-state index in [-0.39, 0.29) is 6.54 Å². The van der Waals surface area contributed by atoms with E-state index >= 15 is 0 Å². The van der Waals surface area contributed by atoms with E-state index in [2.05, 4.69) is 5.32 Å². The van der Waals surface area contributed by atoms with Crippen molar-refractivity contribution in [2.24, 2.45) is 0 Å². The van der Waals surface area contributed by atoms with Gasteiger partial charge in [0.15, 0.2) is 0 Å². The fraction of sp³-hybridized carbons (Fsp3) is 0.364. The standard InChI is InChI=1S/C22H28FN3O4S/c1-15-6-7-16(2)20(12-15)26(31(5,29)30)14-21(27)25(17(3)22(28)24-4)13-18-8-10-19(23)11-9-18/h6-12,17H,13-14H2,1-5H3,(H,24,28)/t17-/m0/s1. The molecule has 2 rings (SSSR count). The molecule has 7 nitrogen and oxygen atoms in total. The third-order valence-corrected chi connectivity index (χ3v) is 6.12. The van der Waals surface area contributed by atoms with Gasteiger partial charge in [0, 0.05) is 13.6 Å². The topological polar surface area (TPSA) is 86.8 Å². The largest absolute Gasteiger partial charge is 0.357 e. The molecule has 168 valence electrons. The van der Waals surface area contributed by atoms with Crippen LogP contribution in [0.1, 0.15) is 23.6 Å². The number of carbonyl (C=O) groups is 2. The van der Waals surface area contributed by atoms with Gasteiger partial charge in [-0.2, -0.15) is 0 Å². The summed E-state index contributed by atoms with van der Waals surface area (Å²) >= 11 is 0. The third-order valence-electron chi connectivity index (χ3n) is 4.99. The lowest BCUT2D eigenvalue weighted by atomic mass is 10.1. The highest BCUT2D eigenvalue weighted by Gasteiger charge is 2.30. The summed E-state index contributed by atoms with van der Waals surface area (Å²) in [7, 11) is -2.32. The van der Waals surface area contributed by atoms with Gasteiger partial charge in [0.05, 0.1) is 11.9 Å². The first-order valence-electron chi connectivity index (χ1n) is 9.74. The van der Waals surface area contributed by atoms with Crippen molar-refractivity contribution < 1.29 is 22.4 Å². The molecule has 2 amide bonds. The monoisotopic (exact) mass is 449 g/mol. The van der Waals surface area contributed by atoms with Gasteiger partial charge < -0.3 is 10.2 Å². The zero-order chi connectivity index (χ0) is 23.3. The van der Waals surface area contributed by atoms with Gasteiger partial charge >= 0.3 is 0 Å². The van der Waals surface area contributed by atoms with Gasteiger partial charge in [0.1, 0.15) is 18.4 Å². The van der Waals surface area contributed by atoms with Gasteiger partial charge in [-0.1, -0.05) is 24.3 Å². The fourth-order valence-corrected chi connectivity index (χ4v) is 4.06. The van der Waals surface area contributed by atoms with Crippen molar-refractivity contribution in [3.05, 3.63) is 65.0 Å². The summed E-state index contributed by atoms with van der Waals surface area (Å²) in [5.74, 6) is -1.36. The van der Waals surface area contributed by atoms with E-state index < -0.39 is 40.2 Å². The lowest BCUT2D eigenvalue weighted by Crippen LogP contribution is -2.50. The van der Waals surface area contributed by atoms with Crippen molar-refractivity contribution in [1.29, 1.82) is 0 Å². The normalized spacial score (nSPS) is 12.2. The summed E-state index contributed by atoms with van der Waals surface area (Å²) in [5, 5.41) is 2.50. The number of anilines is 1. The minimum absolute atomic E-state index is 0.0259. The van der Waals surface area contributed by atoms with Crippen LogP contribution in [0, 0.1) is 19.7 Å². The van der Waals surface area contributed by atoms with E-state index in [4.69, 9.17) is 0 Å². The van der Waals surface area contributed by atoms with Gasteiger partial charge in [-0.05, 0) is 55.7 Å². The second-order valence-electron chi connectivity index (χ2n) is 7.50. The van der Waals surface area contributed by atoms with E-state index in [1.54, 1.807) is 26.0 Å². The van der Waals surface area contributed by atoms with Crippen LogP contribution in [-0.2, 0) is 26.2 Å². The van der Waals surface area contributed by atoms with Gasteiger partial charge in [0.25, 0.3) is 0 Å². The van der Waals surface area contributed by atoms with E-state index in [1.165, 1.54) is 36.2 Å². The Balaban J connectivity index is 2.42. The maximum atomic E-state index is 13.3. The predicted molar refractivity (Wildman–Crippen MR) is 119 cm³/mol. The van der Waals surface area contributed by atoms with Crippen LogP contribution in [0.5, 0.6) is 0 Å². The predicted octanol–water partition coefficient (Wildman–Crippen LogP) is 2.37. The Morgan fingerprint density at radius 2 is 1.71 bits per heavy atom. The van der Waals surface area contributed by atoms with Gasteiger partial charge in [-0.15, -0.1) is 0 Å². The van der Waals surface area contributed by atoms with Crippen molar-refractivity contribution in [1.82, 2.24) is 10.2 Å². The SMILES string of the molecule is CNC(=O)[C@H](C)N(Cc1ccc(F)cc1)C(=O)CN(c1cc(C)ccc1C)S(C)(=O)=O. The molecule has 2 aromatic carbocycles. The smallest absolute Gasteiger partial charge is 0.244 e. The van der Waals surface area contributed by atoms with Gasteiger partial charge in [0.2, 0.25) is 21.8 Å². The first-order valence-corrected chi connectivity index (χ1v) is 11.6. The Morgan fingerprint density at radius 1 is 1.10 bits per heavy atom. The number of halogens is 1. The molecule has 9 heteroatoms. The second kappa shape index (κ2) is 9.91. The van der Waals surface area contributed by atoms with Crippen LogP contribution >= 0.6 is 0 Å². The number of nitrogens with zero attached hydrogens (tertiary/aromatic N) is 2. The van der Waals surface area contributed by atoms with Gasteiger partial charge in [-0.25, -0.2) is 12.8 Å². The molecule has 0 radical (unpaired) electrons. The minimum Gasteiger partial charge on any atom is -0.357 e. The molecule has 0 fully saturated rings. The molecular formula is C22H28FN3O4S. The van der Waals surface area contributed by atoms with Crippen molar-refractivity contribution >= 4 is 27.5 Å². The number of likely N-dealkylation sites (N-methyl/N-ethyl adjacent to an activating group) is 1. The molecule has 1 N–H and O–H groups in total. The van der Waals surface area contributed by atoms with Crippen molar-refractivity contribution in [3.63, 3.8) is 0 Å². The van der Waals surface area contributed by atoms with Crippen molar-refractivity contribution in [2.45, 2.75) is 33.4 Å². The summed E-state index contributed by atoms with van der Waals surface area (Å²) in [6, 6.07) is 10.1. The molecule has 2 aromatic rings. The molecular weight excluding hydrogens is 421 g/mol. The first-order chi connectivity index (χ1) is 14.4. The van der Waals surface area contributed by atoms with Crippen LogP contribution < -0.4 is 9.62 Å². The highest BCUT2D eigenvalue weighted by atomic mass is 32.2. The number of aryl methyl sites for hydroxylation is 2. The van der Waals surface area contributed by atoms with Crippen LogP contribution in [-0.4, -0.2) is 51.0 Å². The molecule has 1 atom stereocenters. The highest BCUT2D eigenvalue weighted by molar-refractivity contribution is 7.92. The molecule has 0 aliphatic heterocycles. The Kier molecular flexibility index (Phi) is 7.78. The number of amides is 2. The maximum absolute atomic E-state index is 13.3. The molecule has 0 heterocycles. The number of nitrogens with one attached hydrogen (secondary N) is 1. The van der Waals surface area contributed by atoms with E-state index in [0.29, 0.717) is 16.8 Å². The number of carbonyl (C=O) groups excluding carboxylic acids is 2. The van der Waals surface area contributed by atoms with Gasteiger partial charge in [-0.3, -0.25) is 13.9 Å². The lowest BCUT2D eigenvalue weighted by molar-refractivity contribution is -0.139. The molecule has 0 saturated heterocycles. The summed E-state index contributed by atoms with van der Waals surface area (Å²) in [6.45, 7) is 4.72. The summed E-state index contributed by atoms with van der Waals surface area (Å²) in [4.78, 5) is 26.8. The average Bonchev–Trinajstić information content (AvgIpc) is 2.71. The molecule has 0 saturated carbocycles. The Bertz CT molecular complexity index is 1050.